The summed E-state index contributed by atoms with van der Waals surface area (Å²) in [5, 5.41) is 5.13. The minimum Gasteiger partial charge on any atom is -0.336 e. The molecule has 1 atom stereocenters. The van der Waals surface area contributed by atoms with Crippen molar-refractivity contribution in [2.24, 2.45) is 0 Å². The number of hydrogen-bond donors (Lipinski definition) is 0. The second-order valence-corrected chi connectivity index (χ2v) is 6.27. The fourth-order valence-corrected chi connectivity index (χ4v) is 3.52. The molecule has 6 nitrogen and oxygen atoms in total. The molecular formula is C13H17N5OS. The van der Waals surface area contributed by atoms with Crippen molar-refractivity contribution in [2.75, 3.05) is 13.1 Å². The van der Waals surface area contributed by atoms with E-state index in [-0.39, 0.29) is 11.9 Å². The van der Waals surface area contributed by atoms with E-state index in [4.69, 9.17) is 0 Å². The monoisotopic (exact) mass is 291 g/mol. The molecule has 0 spiro atoms. The van der Waals surface area contributed by atoms with Gasteiger partial charge in [0.1, 0.15) is 17.5 Å². The second kappa shape index (κ2) is 5.32. The van der Waals surface area contributed by atoms with Gasteiger partial charge in [-0.2, -0.15) is 5.10 Å². The smallest absolute Gasteiger partial charge is 0.265 e. The van der Waals surface area contributed by atoms with Crippen molar-refractivity contribution < 1.29 is 4.79 Å². The van der Waals surface area contributed by atoms with E-state index >= 15 is 0 Å². The van der Waals surface area contributed by atoms with Crippen LogP contribution in [0.5, 0.6) is 0 Å². The molecule has 0 bridgehead atoms. The van der Waals surface area contributed by atoms with Gasteiger partial charge in [0.2, 0.25) is 0 Å². The molecule has 0 unspecified atom stereocenters. The summed E-state index contributed by atoms with van der Waals surface area (Å²) in [5.74, 6) is 0.0953. The zero-order valence-electron chi connectivity index (χ0n) is 11.6. The Kier molecular flexibility index (Phi) is 3.52. The highest BCUT2D eigenvalue weighted by Crippen LogP contribution is 2.25. The lowest BCUT2D eigenvalue weighted by molar-refractivity contribution is 0.0676. The lowest BCUT2D eigenvalue weighted by atomic mass is 10.1. The summed E-state index contributed by atoms with van der Waals surface area (Å²) in [6.45, 7) is 5.33. The second-order valence-electron chi connectivity index (χ2n) is 5.07. The molecule has 7 heteroatoms. The quantitative estimate of drug-likeness (QED) is 0.847. The Morgan fingerprint density at radius 2 is 2.30 bits per heavy atom. The molecule has 106 valence electrons. The van der Waals surface area contributed by atoms with Crippen molar-refractivity contribution in [3.8, 4) is 0 Å². The zero-order valence-corrected chi connectivity index (χ0v) is 12.4. The number of amides is 1. The Morgan fingerprint density at radius 3 is 2.95 bits per heavy atom. The SMILES string of the molecule is Cc1nc(C)c(C(=O)N2CCC[C@@H](n3cncn3)C2)s1. The third-order valence-electron chi connectivity index (χ3n) is 3.59. The third-order valence-corrected chi connectivity index (χ3v) is 4.65. The van der Waals surface area contributed by atoms with Crippen LogP contribution in [0.25, 0.3) is 0 Å². The number of aryl methyl sites for hydroxylation is 2. The van der Waals surface area contributed by atoms with Crippen molar-refractivity contribution >= 4 is 17.2 Å². The van der Waals surface area contributed by atoms with Crippen molar-refractivity contribution in [2.45, 2.75) is 32.7 Å². The number of carbonyl (C=O) groups is 1. The van der Waals surface area contributed by atoms with E-state index in [9.17, 15) is 4.79 Å². The van der Waals surface area contributed by atoms with Crippen LogP contribution in [0.2, 0.25) is 0 Å². The summed E-state index contributed by atoms with van der Waals surface area (Å²) in [5.41, 5.74) is 0.834. The Labute approximate surface area is 121 Å². The first-order chi connectivity index (χ1) is 9.65. The number of rotatable bonds is 2. The standard InChI is InChI=1S/C13H17N5OS/c1-9-12(20-10(2)16-9)13(19)17-5-3-4-11(6-17)18-8-14-7-15-18/h7-8,11H,3-6H2,1-2H3/t11-/m1/s1. The molecular weight excluding hydrogens is 274 g/mol. The van der Waals surface area contributed by atoms with Crippen molar-refractivity contribution in [1.82, 2.24) is 24.6 Å². The molecule has 0 N–H and O–H groups in total. The average Bonchev–Trinajstić information content (AvgIpc) is 3.08. The number of aromatic nitrogens is 4. The van der Waals surface area contributed by atoms with Gasteiger partial charge in [-0.15, -0.1) is 11.3 Å². The molecule has 2 aromatic rings. The van der Waals surface area contributed by atoms with Crippen molar-refractivity contribution in [3.63, 3.8) is 0 Å². The fraction of sp³-hybridized carbons (Fsp3) is 0.538. The number of nitrogens with zero attached hydrogens (tertiary/aromatic N) is 5. The van der Waals surface area contributed by atoms with Gasteiger partial charge in [-0.25, -0.2) is 14.6 Å². The van der Waals surface area contributed by atoms with Gasteiger partial charge in [0.25, 0.3) is 5.91 Å². The predicted octanol–water partition coefficient (Wildman–Crippen LogP) is 1.83. The Morgan fingerprint density at radius 1 is 1.45 bits per heavy atom. The molecule has 0 radical (unpaired) electrons. The van der Waals surface area contributed by atoms with E-state index in [1.807, 2.05) is 23.4 Å². The molecule has 2 aromatic heterocycles. The number of carbonyl (C=O) groups excluding carboxylic acids is 1. The van der Waals surface area contributed by atoms with E-state index in [1.165, 1.54) is 17.7 Å². The van der Waals surface area contributed by atoms with E-state index in [1.54, 1.807) is 6.33 Å². The van der Waals surface area contributed by atoms with Gasteiger partial charge in [-0.3, -0.25) is 4.79 Å². The maximum absolute atomic E-state index is 12.6. The highest BCUT2D eigenvalue weighted by molar-refractivity contribution is 7.13. The first-order valence-corrected chi connectivity index (χ1v) is 7.54. The van der Waals surface area contributed by atoms with Crippen LogP contribution in [0, 0.1) is 13.8 Å². The largest absolute Gasteiger partial charge is 0.336 e. The zero-order chi connectivity index (χ0) is 14.1. The number of likely N-dealkylation sites (tertiary alicyclic amines) is 1. The molecule has 3 heterocycles. The van der Waals surface area contributed by atoms with Gasteiger partial charge in [0.15, 0.2) is 0 Å². The molecule has 1 fully saturated rings. The lowest BCUT2D eigenvalue weighted by Crippen LogP contribution is -2.40. The lowest BCUT2D eigenvalue weighted by Gasteiger charge is -2.32. The number of thiazole rings is 1. The van der Waals surface area contributed by atoms with Crippen LogP contribution in [-0.4, -0.2) is 43.6 Å². The van der Waals surface area contributed by atoms with Crippen LogP contribution in [-0.2, 0) is 0 Å². The molecule has 1 amide bonds. The Balaban J connectivity index is 1.77. The van der Waals surface area contributed by atoms with E-state index in [0.717, 1.165) is 35.0 Å². The maximum atomic E-state index is 12.6. The normalized spacial score (nSPS) is 19.3. The van der Waals surface area contributed by atoms with Gasteiger partial charge in [0.05, 0.1) is 16.7 Å². The molecule has 0 saturated carbocycles. The van der Waals surface area contributed by atoms with Crippen LogP contribution in [0.1, 0.15) is 39.3 Å². The number of piperidine rings is 1. The van der Waals surface area contributed by atoms with Gasteiger partial charge < -0.3 is 4.90 Å². The Hall–Kier alpha value is -1.76. The Bertz CT molecular complexity index is 606. The minimum atomic E-state index is 0.0953. The van der Waals surface area contributed by atoms with Crippen LogP contribution in [0.3, 0.4) is 0 Å². The van der Waals surface area contributed by atoms with E-state index in [0.29, 0.717) is 6.54 Å². The van der Waals surface area contributed by atoms with Crippen molar-refractivity contribution in [1.29, 1.82) is 0 Å². The number of hydrogen-bond acceptors (Lipinski definition) is 5. The van der Waals surface area contributed by atoms with Gasteiger partial charge in [0, 0.05) is 13.1 Å². The highest BCUT2D eigenvalue weighted by Gasteiger charge is 2.27. The maximum Gasteiger partial charge on any atom is 0.265 e. The summed E-state index contributed by atoms with van der Waals surface area (Å²) < 4.78 is 1.85. The topological polar surface area (TPSA) is 63.9 Å². The first-order valence-electron chi connectivity index (χ1n) is 6.72. The van der Waals surface area contributed by atoms with Crippen LogP contribution < -0.4 is 0 Å². The predicted molar refractivity (Wildman–Crippen MR) is 75.8 cm³/mol. The van der Waals surface area contributed by atoms with Gasteiger partial charge in [-0.05, 0) is 26.7 Å². The molecule has 0 aliphatic carbocycles. The molecule has 1 saturated heterocycles. The summed E-state index contributed by atoms with van der Waals surface area (Å²) in [4.78, 5) is 23.6. The molecule has 3 rings (SSSR count). The van der Waals surface area contributed by atoms with Gasteiger partial charge >= 0.3 is 0 Å². The summed E-state index contributed by atoms with van der Waals surface area (Å²) in [6, 6.07) is 0.226. The van der Waals surface area contributed by atoms with E-state index in [2.05, 4.69) is 15.1 Å². The summed E-state index contributed by atoms with van der Waals surface area (Å²) in [7, 11) is 0. The molecule has 20 heavy (non-hydrogen) atoms. The van der Waals surface area contributed by atoms with E-state index < -0.39 is 0 Å². The van der Waals surface area contributed by atoms with Crippen LogP contribution >= 0.6 is 11.3 Å². The third kappa shape index (κ3) is 2.45. The fourth-order valence-electron chi connectivity index (χ4n) is 2.63. The average molecular weight is 291 g/mol. The molecule has 1 aliphatic heterocycles. The van der Waals surface area contributed by atoms with Gasteiger partial charge in [-0.1, -0.05) is 0 Å². The highest BCUT2D eigenvalue weighted by atomic mass is 32.1. The summed E-state index contributed by atoms with van der Waals surface area (Å²) >= 11 is 1.48. The summed E-state index contributed by atoms with van der Waals surface area (Å²) in [6.07, 6.45) is 5.29. The van der Waals surface area contributed by atoms with Crippen LogP contribution in [0.4, 0.5) is 0 Å². The van der Waals surface area contributed by atoms with Crippen LogP contribution in [0.15, 0.2) is 12.7 Å². The first kappa shape index (κ1) is 13.2. The van der Waals surface area contributed by atoms with Crippen molar-refractivity contribution in [3.05, 3.63) is 28.2 Å². The minimum absolute atomic E-state index is 0.0953. The molecule has 0 aromatic carbocycles. The molecule has 1 aliphatic rings.